The molecule has 0 aliphatic carbocycles. The standard InChI is InChI=1S/C24H31BrN2O3/c1-16-8-7-9-18(12-16)14-27(17(2)23(29)26-6)22(28)15-30-21-11-10-19(13-20(21)25)24(3,4)5/h7-13,17H,14-15H2,1-6H3,(H,26,29). The van der Waals surface area contributed by atoms with Crippen LogP contribution >= 0.6 is 15.9 Å². The number of carbonyl (C=O) groups excluding carboxylic acids is 2. The minimum atomic E-state index is -0.613. The van der Waals surface area contributed by atoms with Crippen molar-refractivity contribution < 1.29 is 14.3 Å². The van der Waals surface area contributed by atoms with Gasteiger partial charge in [0.05, 0.1) is 4.47 Å². The van der Waals surface area contributed by atoms with E-state index in [1.54, 1.807) is 18.9 Å². The first kappa shape index (κ1) is 23.9. The van der Waals surface area contributed by atoms with Crippen molar-refractivity contribution in [2.24, 2.45) is 0 Å². The van der Waals surface area contributed by atoms with Crippen molar-refractivity contribution in [2.75, 3.05) is 13.7 Å². The molecule has 162 valence electrons. The van der Waals surface area contributed by atoms with Crippen LogP contribution in [0.15, 0.2) is 46.9 Å². The van der Waals surface area contributed by atoms with Crippen molar-refractivity contribution in [1.82, 2.24) is 10.2 Å². The molecule has 0 aliphatic heterocycles. The average Bonchev–Trinajstić information content (AvgIpc) is 2.69. The van der Waals surface area contributed by atoms with Crippen molar-refractivity contribution >= 4 is 27.7 Å². The van der Waals surface area contributed by atoms with Gasteiger partial charge in [0.1, 0.15) is 11.8 Å². The Hall–Kier alpha value is -2.34. The van der Waals surface area contributed by atoms with Crippen LogP contribution in [0.5, 0.6) is 5.75 Å². The van der Waals surface area contributed by atoms with Gasteiger partial charge < -0.3 is 15.0 Å². The number of nitrogens with one attached hydrogen (secondary N) is 1. The lowest BCUT2D eigenvalue weighted by molar-refractivity contribution is -0.142. The molecule has 1 atom stereocenters. The molecule has 0 aromatic heterocycles. The summed E-state index contributed by atoms with van der Waals surface area (Å²) in [4.78, 5) is 26.8. The van der Waals surface area contributed by atoms with Gasteiger partial charge in [0.25, 0.3) is 5.91 Å². The maximum absolute atomic E-state index is 13.0. The van der Waals surface area contributed by atoms with Crippen LogP contribution in [0.1, 0.15) is 44.4 Å². The van der Waals surface area contributed by atoms with Gasteiger partial charge >= 0.3 is 0 Å². The van der Waals surface area contributed by atoms with E-state index in [0.29, 0.717) is 12.3 Å². The highest BCUT2D eigenvalue weighted by atomic mass is 79.9. The van der Waals surface area contributed by atoms with Gasteiger partial charge in [-0.3, -0.25) is 9.59 Å². The maximum atomic E-state index is 13.0. The molecule has 2 aromatic rings. The lowest BCUT2D eigenvalue weighted by Gasteiger charge is -2.28. The fraction of sp³-hybridized carbons (Fsp3) is 0.417. The van der Waals surface area contributed by atoms with Gasteiger partial charge in [-0.15, -0.1) is 0 Å². The number of nitrogens with zero attached hydrogens (tertiary/aromatic N) is 1. The van der Waals surface area contributed by atoms with Crippen LogP contribution in [-0.4, -0.2) is 36.4 Å². The summed E-state index contributed by atoms with van der Waals surface area (Å²) in [5, 5.41) is 2.62. The second-order valence-electron chi connectivity index (χ2n) is 8.48. The van der Waals surface area contributed by atoms with Gasteiger partial charge in [-0.1, -0.05) is 56.7 Å². The van der Waals surface area contributed by atoms with Crippen molar-refractivity contribution in [1.29, 1.82) is 0 Å². The van der Waals surface area contributed by atoms with Gasteiger partial charge in [0.2, 0.25) is 5.91 Å². The molecular weight excluding hydrogens is 444 g/mol. The Kier molecular flexibility index (Phi) is 8.07. The summed E-state index contributed by atoms with van der Waals surface area (Å²) < 4.78 is 6.60. The monoisotopic (exact) mass is 474 g/mol. The molecule has 0 spiro atoms. The second kappa shape index (κ2) is 10.1. The number of ether oxygens (including phenoxy) is 1. The number of rotatable bonds is 7. The first-order valence-electron chi connectivity index (χ1n) is 10.0. The number of halogens is 1. The number of carbonyl (C=O) groups is 2. The van der Waals surface area contributed by atoms with Crippen LogP contribution in [0.3, 0.4) is 0 Å². The molecule has 2 aromatic carbocycles. The summed E-state index contributed by atoms with van der Waals surface area (Å²) in [6.45, 7) is 10.3. The molecule has 5 nitrogen and oxygen atoms in total. The molecule has 2 amide bonds. The number of likely N-dealkylation sites (N-methyl/N-ethyl adjacent to an activating group) is 1. The summed E-state index contributed by atoms with van der Waals surface area (Å²) in [5.41, 5.74) is 3.26. The van der Waals surface area contributed by atoms with Crippen LogP contribution in [0.25, 0.3) is 0 Å². The highest BCUT2D eigenvalue weighted by Gasteiger charge is 2.26. The molecule has 1 N–H and O–H groups in total. The Balaban J connectivity index is 2.17. The van der Waals surface area contributed by atoms with E-state index in [1.165, 1.54) is 5.56 Å². The third-order valence-electron chi connectivity index (χ3n) is 5.00. The highest BCUT2D eigenvalue weighted by Crippen LogP contribution is 2.31. The van der Waals surface area contributed by atoms with E-state index >= 15 is 0 Å². The molecule has 6 heteroatoms. The van der Waals surface area contributed by atoms with Crippen molar-refractivity contribution in [2.45, 2.75) is 52.6 Å². The number of benzene rings is 2. The predicted octanol–water partition coefficient (Wildman–Crippen LogP) is 4.60. The molecule has 0 fully saturated rings. The summed E-state index contributed by atoms with van der Waals surface area (Å²) in [7, 11) is 1.57. The van der Waals surface area contributed by atoms with E-state index in [2.05, 4.69) is 42.0 Å². The van der Waals surface area contributed by atoms with E-state index < -0.39 is 6.04 Å². The van der Waals surface area contributed by atoms with Crippen LogP contribution in [0.2, 0.25) is 0 Å². The molecule has 30 heavy (non-hydrogen) atoms. The fourth-order valence-corrected chi connectivity index (χ4v) is 3.60. The van der Waals surface area contributed by atoms with Crippen molar-refractivity contribution in [3.05, 3.63) is 63.6 Å². The first-order chi connectivity index (χ1) is 14.0. The number of amides is 2. The number of aryl methyl sites for hydroxylation is 1. The summed E-state index contributed by atoms with van der Waals surface area (Å²) in [6, 6.07) is 13.2. The molecule has 2 rings (SSSR count). The zero-order chi connectivity index (χ0) is 22.5. The molecule has 0 bridgehead atoms. The fourth-order valence-electron chi connectivity index (χ4n) is 3.11. The maximum Gasteiger partial charge on any atom is 0.261 e. The molecule has 0 saturated carbocycles. The average molecular weight is 475 g/mol. The molecule has 1 unspecified atom stereocenters. The lowest BCUT2D eigenvalue weighted by Crippen LogP contribution is -2.48. The zero-order valence-electron chi connectivity index (χ0n) is 18.6. The third-order valence-corrected chi connectivity index (χ3v) is 5.62. The highest BCUT2D eigenvalue weighted by molar-refractivity contribution is 9.10. The van der Waals surface area contributed by atoms with Crippen molar-refractivity contribution in [3.63, 3.8) is 0 Å². The van der Waals surface area contributed by atoms with E-state index in [1.807, 2.05) is 49.4 Å². The molecule has 0 radical (unpaired) electrons. The van der Waals surface area contributed by atoms with E-state index in [4.69, 9.17) is 4.74 Å². The molecule has 0 saturated heterocycles. The minimum absolute atomic E-state index is 0.0183. The van der Waals surface area contributed by atoms with Gasteiger partial charge in [-0.05, 0) is 58.5 Å². The van der Waals surface area contributed by atoms with Crippen LogP contribution in [-0.2, 0) is 21.5 Å². The van der Waals surface area contributed by atoms with Gasteiger partial charge in [0.15, 0.2) is 6.61 Å². The van der Waals surface area contributed by atoms with Gasteiger partial charge in [0, 0.05) is 13.6 Å². The topological polar surface area (TPSA) is 58.6 Å². The van der Waals surface area contributed by atoms with E-state index in [9.17, 15) is 9.59 Å². The lowest BCUT2D eigenvalue weighted by atomic mass is 9.87. The zero-order valence-corrected chi connectivity index (χ0v) is 20.2. The van der Waals surface area contributed by atoms with Crippen molar-refractivity contribution in [3.8, 4) is 5.75 Å². The normalized spacial score (nSPS) is 12.2. The Labute approximate surface area is 187 Å². The molecular formula is C24H31BrN2O3. The number of hydrogen-bond donors (Lipinski definition) is 1. The summed E-state index contributed by atoms with van der Waals surface area (Å²) >= 11 is 3.54. The first-order valence-corrected chi connectivity index (χ1v) is 10.8. The van der Waals surface area contributed by atoms with Crippen LogP contribution in [0.4, 0.5) is 0 Å². The molecule has 0 heterocycles. The van der Waals surface area contributed by atoms with E-state index in [0.717, 1.165) is 15.6 Å². The Morgan fingerprint density at radius 1 is 1.17 bits per heavy atom. The van der Waals surface area contributed by atoms with Crippen LogP contribution in [0, 0.1) is 6.92 Å². The molecule has 0 aliphatic rings. The Morgan fingerprint density at radius 3 is 2.43 bits per heavy atom. The summed E-state index contributed by atoms with van der Waals surface area (Å²) in [6.07, 6.45) is 0. The largest absolute Gasteiger partial charge is 0.483 e. The van der Waals surface area contributed by atoms with Crippen LogP contribution < -0.4 is 10.1 Å². The SMILES string of the molecule is CNC(=O)C(C)N(Cc1cccc(C)c1)C(=O)COc1ccc(C(C)(C)C)cc1Br. The Bertz CT molecular complexity index is 906. The quantitative estimate of drug-likeness (QED) is 0.637. The number of hydrogen-bond acceptors (Lipinski definition) is 3. The third kappa shape index (κ3) is 6.33. The van der Waals surface area contributed by atoms with E-state index in [-0.39, 0.29) is 23.8 Å². The minimum Gasteiger partial charge on any atom is -0.483 e. The predicted molar refractivity (Wildman–Crippen MR) is 124 cm³/mol. The van der Waals surface area contributed by atoms with Gasteiger partial charge in [-0.2, -0.15) is 0 Å². The Morgan fingerprint density at radius 2 is 1.87 bits per heavy atom. The van der Waals surface area contributed by atoms with Gasteiger partial charge in [-0.25, -0.2) is 0 Å². The summed E-state index contributed by atoms with van der Waals surface area (Å²) in [5.74, 6) is 0.130. The smallest absolute Gasteiger partial charge is 0.261 e. The second-order valence-corrected chi connectivity index (χ2v) is 9.34.